The molecule has 0 bridgehead atoms. The molecule has 0 nitrogen and oxygen atoms in total. The van der Waals surface area contributed by atoms with Crippen LogP contribution in [0.1, 0.15) is 76.0 Å². The lowest BCUT2D eigenvalue weighted by atomic mass is 9.91. The molecule has 0 aliphatic rings. The van der Waals surface area contributed by atoms with Gasteiger partial charge in [-0.1, -0.05) is 57.4 Å². The van der Waals surface area contributed by atoms with Gasteiger partial charge in [0.2, 0.25) is 0 Å². The first-order chi connectivity index (χ1) is 9.24. The lowest BCUT2D eigenvalue weighted by Gasteiger charge is -2.17. The Morgan fingerprint density at radius 2 is 1.26 bits per heavy atom. The first kappa shape index (κ1) is 16.5. The molecule has 0 aliphatic heterocycles. The van der Waals surface area contributed by atoms with Crippen molar-refractivity contribution in [1.29, 1.82) is 0 Å². The summed E-state index contributed by atoms with van der Waals surface area (Å²) in [6, 6.07) is 4.61. The van der Waals surface area contributed by atoms with E-state index >= 15 is 0 Å². The lowest BCUT2D eigenvalue weighted by Crippen LogP contribution is -2.16. The van der Waals surface area contributed by atoms with Crippen LogP contribution in [0.2, 0.25) is 0 Å². The van der Waals surface area contributed by atoms with Crippen LogP contribution >= 0.6 is 0 Å². The van der Waals surface area contributed by atoms with Crippen molar-refractivity contribution in [2.24, 2.45) is 0 Å². The summed E-state index contributed by atoms with van der Waals surface area (Å²) in [6.45, 7) is 6.84. The van der Waals surface area contributed by atoms with E-state index in [9.17, 15) is 0 Å². The summed E-state index contributed by atoms with van der Waals surface area (Å²) >= 11 is 0. The average Bonchev–Trinajstić information content (AvgIpc) is 2.42. The maximum absolute atomic E-state index is 3.83. The van der Waals surface area contributed by atoms with Crippen LogP contribution in [-0.4, -0.2) is 10.2 Å². The van der Waals surface area contributed by atoms with Crippen molar-refractivity contribution in [1.82, 2.24) is 0 Å². The summed E-state index contributed by atoms with van der Waals surface area (Å²) in [4.78, 5) is 0. The molecule has 1 aromatic rings. The molecule has 3 radical (unpaired) electrons. The Kier molecular flexibility index (Phi) is 8.12. The molecule has 0 saturated carbocycles. The first-order valence-electron chi connectivity index (χ1n) is 8.09. The van der Waals surface area contributed by atoms with Gasteiger partial charge in [0, 0.05) is 0 Å². The second kappa shape index (κ2) is 9.36. The number of hydrogen-bond donors (Lipinski definition) is 0. The Morgan fingerprint density at radius 1 is 0.737 bits per heavy atom. The highest BCUT2D eigenvalue weighted by Gasteiger charge is 2.10. The molecule has 0 saturated heterocycles. The molecule has 1 rings (SSSR count). The van der Waals surface area contributed by atoms with E-state index in [0.717, 1.165) is 0 Å². The van der Waals surface area contributed by atoms with Gasteiger partial charge in [0.25, 0.3) is 0 Å². The molecule has 1 aromatic carbocycles. The van der Waals surface area contributed by atoms with Gasteiger partial charge < -0.3 is 0 Å². The Morgan fingerprint density at radius 3 is 1.84 bits per heavy atom. The zero-order chi connectivity index (χ0) is 14.1. The van der Waals surface area contributed by atoms with Crippen molar-refractivity contribution in [3.05, 3.63) is 28.8 Å². The van der Waals surface area contributed by atoms with Gasteiger partial charge in [0.15, 0.2) is 0 Å². The fourth-order valence-electron chi connectivity index (χ4n) is 2.65. The molecule has 105 valence electrons. The molecule has 0 spiro atoms. The Hall–Kier alpha value is -0.563. The third kappa shape index (κ3) is 5.14. The highest BCUT2D eigenvalue weighted by Crippen LogP contribution is 2.20. The van der Waals surface area contributed by atoms with Gasteiger partial charge in [-0.15, -0.1) is 0 Å². The molecule has 19 heavy (non-hydrogen) atoms. The van der Waals surface area contributed by atoms with E-state index in [0.29, 0.717) is 0 Å². The van der Waals surface area contributed by atoms with E-state index < -0.39 is 0 Å². The van der Waals surface area contributed by atoms with Gasteiger partial charge in [0.1, 0.15) is 0 Å². The minimum atomic E-state index is 1.23. The topological polar surface area (TPSA) is 0 Å². The van der Waals surface area contributed by atoms with Crippen LogP contribution in [-0.2, 0) is 19.3 Å². The van der Waals surface area contributed by atoms with Crippen LogP contribution in [0.4, 0.5) is 0 Å². The van der Waals surface area contributed by atoms with Crippen LogP contribution in [0, 0.1) is 0 Å². The third-order valence-corrected chi connectivity index (χ3v) is 4.36. The quantitative estimate of drug-likeness (QED) is 0.581. The zero-order valence-corrected chi connectivity index (χ0v) is 14.0. The van der Waals surface area contributed by atoms with E-state index in [1.165, 1.54) is 63.0 Å². The highest BCUT2D eigenvalue weighted by molar-refractivity contribution is 6.33. The summed E-state index contributed by atoms with van der Waals surface area (Å²) in [5.41, 5.74) is 4.83. The first-order valence-corrected chi connectivity index (χ1v) is 8.59. The monoisotopic (exact) mass is 273 g/mol. The molecule has 0 N–H and O–H groups in total. The van der Waals surface area contributed by atoms with Gasteiger partial charge in [-0.2, -0.15) is 0 Å². The second-order valence-electron chi connectivity index (χ2n) is 5.54. The predicted octanol–water partition coefficient (Wildman–Crippen LogP) is 4.51. The van der Waals surface area contributed by atoms with Crippen LogP contribution in [0.5, 0.6) is 0 Å². The van der Waals surface area contributed by atoms with Crippen molar-refractivity contribution >= 4 is 15.4 Å². The van der Waals surface area contributed by atoms with Crippen LogP contribution < -0.4 is 5.19 Å². The predicted molar refractivity (Wildman–Crippen MR) is 87.7 cm³/mol. The summed E-state index contributed by atoms with van der Waals surface area (Å²) in [5.74, 6) is 0. The number of benzene rings is 1. The van der Waals surface area contributed by atoms with E-state index in [-0.39, 0.29) is 0 Å². The van der Waals surface area contributed by atoms with Crippen molar-refractivity contribution in [3.63, 3.8) is 0 Å². The van der Waals surface area contributed by atoms with E-state index in [1.54, 1.807) is 16.7 Å². The molecular weight excluding hydrogens is 244 g/mol. The number of unbranched alkanes of at least 4 members (excludes halogenated alkanes) is 3. The van der Waals surface area contributed by atoms with Crippen LogP contribution in [0.25, 0.3) is 0 Å². The minimum Gasteiger partial charge on any atom is -0.0654 e. The van der Waals surface area contributed by atoms with E-state index in [2.05, 4.69) is 43.1 Å². The maximum Gasteiger partial charge on any atom is 0.0715 e. The molecule has 0 amide bonds. The number of hydrogen-bond acceptors (Lipinski definition) is 0. The molecule has 1 heteroatoms. The number of rotatable bonds is 9. The van der Waals surface area contributed by atoms with Crippen molar-refractivity contribution in [2.75, 3.05) is 0 Å². The number of aryl methyl sites for hydroxylation is 1. The van der Waals surface area contributed by atoms with Gasteiger partial charge in [-0.25, -0.2) is 0 Å². The summed E-state index contributed by atoms with van der Waals surface area (Å²) in [6.07, 6.45) is 11.5. The van der Waals surface area contributed by atoms with Gasteiger partial charge in [0.05, 0.1) is 10.2 Å². The largest absolute Gasteiger partial charge is 0.0715 e. The van der Waals surface area contributed by atoms with Crippen molar-refractivity contribution in [3.8, 4) is 0 Å². The average molecular weight is 274 g/mol. The maximum atomic E-state index is 3.83. The third-order valence-electron chi connectivity index (χ3n) is 3.89. The van der Waals surface area contributed by atoms with Crippen LogP contribution in [0.15, 0.2) is 12.1 Å². The molecule has 0 fully saturated rings. The van der Waals surface area contributed by atoms with E-state index in [1.807, 2.05) is 0 Å². The smallest absolute Gasteiger partial charge is 0.0654 e. The lowest BCUT2D eigenvalue weighted by molar-refractivity contribution is 0.737. The van der Waals surface area contributed by atoms with Crippen LogP contribution in [0.3, 0.4) is 0 Å². The Bertz CT molecular complexity index is 368. The molecule has 0 aliphatic carbocycles. The van der Waals surface area contributed by atoms with Gasteiger partial charge in [-0.05, 0) is 55.2 Å². The summed E-state index contributed by atoms with van der Waals surface area (Å²) < 4.78 is 0. The Balaban J connectivity index is 3.00. The molecular formula is C18H29Si. The highest BCUT2D eigenvalue weighted by atomic mass is 28.1. The summed E-state index contributed by atoms with van der Waals surface area (Å²) in [5, 5.41) is 1.32. The fraction of sp³-hybridized carbons (Fsp3) is 0.667. The normalized spacial score (nSPS) is 10.9. The molecule has 0 unspecified atom stereocenters. The summed E-state index contributed by atoms with van der Waals surface area (Å²) in [7, 11) is 3.83. The van der Waals surface area contributed by atoms with Gasteiger partial charge >= 0.3 is 0 Å². The van der Waals surface area contributed by atoms with Crippen molar-refractivity contribution in [2.45, 2.75) is 78.6 Å². The SMILES string of the molecule is CCCCc1ccc([Si])c(CCCC)c1CCCC. The second-order valence-corrected chi connectivity index (χ2v) is 6.08. The molecule has 0 aromatic heterocycles. The zero-order valence-electron chi connectivity index (χ0n) is 13.0. The Labute approximate surface area is 123 Å². The molecule has 0 heterocycles. The van der Waals surface area contributed by atoms with Crippen molar-refractivity contribution < 1.29 is 0 Å². The standard InChI is InChI=1S/C18H29Si/c1-4-7-10-15-13-14-18(19)17(12-9-6-3)16(15)11-8-5-2/h13-14H,4-12H2,1-3H3. The minimum absolute atomic E-state index is 1.23. The fourth-order valence-corrected chi connectivity index (χ4v) is 3.01. The van der Waals surface area contributed by atoms with Gasteiger partial charge in [-0.3, -0.25) is 0 Å². The van der Waals surface area contributed by atoms with E-state index in [4.69, 9.17) is 0 Å². The molecule has 0 atom stereocenters.